The molecule has 2 aliphatic rings. The summed E-state index contributed by atoms with van der Waals surface area (Å²) in [4.78, 5) is 5.35. The summed E-state index contributed by atoms with van der Waals surface area (Å²) in [5.41, 5.74) is 17.9. The number of hydrogen-bond acceptors (Lipinski definition) is 3. The van der Waals surface area contributed by atoms with E-state index >= 15 is 0 Å². The van der Waals surface area contributed by atoms with Crippen molar-refractivity contribution in [1.29, 1.82) is 0 Å². The van der Waals surface area contributed by atoms with Crippen LogP contribution in [-0.4, -0.2) is 6.85 Å². The quantitative estimate of drug-likeness (QED) is 0.164. The van der Waals surface area contributed by atoms with Crippen molar-refractivity contribution >= 4 is 88.5 Å². The highest BCUT2D eigenvalue weighted by Crippen LogP contribution is 2.54. The molecule has 4 heteroatoms. The lowest BCUT2D eigenvalue weighted by molar-refractivity contribution is 0.590. The van der Waals surface area contributed by atoms with Crippen molar-refractivity contribution in [1.82, 2.24) is 0 Å². The van der Waals surface area contributed by atoms with E-state index in [0.29, 0.717) is 0 Å². The van der Waals surface area contributed by atoms with Gasteiger partial charge in [-0.2, -0.15) is 0 Å². The summed E-state index contributed by atoms with van der Waals surface area (Å²) in [5.74, 6) is 0. The Balaban J connectivity index is 1.32. The highest BCUT2D eigenvalue weighted by molar-refractivity contribution is 7.26. The zero-order valence-electron chi connectivity index (χ0n) is 37.4. The molecule has 1 aromatic heterocycles. The van der Waals surface area contributed by atoms with Crippen LogP contribution in [0.25, 0.3) is 53.2 Å². The molecule has 304 valence electrons. The number of hydrogen-bond donors (Lipinski definition) is 0. The molecule has 0 amide bonds. The molecule has 62 heavy (non-hydrogen) atoms. The minimum absolute atomic E-state index is 0.0214. The Kier molecular flexibility index (Phi) is 8.57. The molecule has 0 fully saturated rings. The molecule has 0 saturated heterocycles. The fourth-order valence-electron chi connectivity index (χ4n) is 10.1. The monoisotopic (exact) mass is 820 g/mol. The van der Waals surface area contributed by atoms with Crippen LogP contribution in [0.1, 0.15) is 79.0 Å². The topological polar surface area (TPSA) is 6.48 Å². The Bertz CT molecular complexity index is 3250. The smallest absolute Gasteiger partial charge is 0.333 e. The van der Waals surface area contributed by atoms with Crippen LogP contribution in [0.4, 0.5) is 28.4 Å². The summed E-state index contributed by atoms with van der Waals surface area (Å²) in [6, 6.07) is 60.5. The van der Waals surface area contributed by atoms with Gasteiger partial charge in [0.2, 0.25) is 0 Å². The summed E-state index contributed by atoms with van der Waals surface area (Å²) in [7, 11) is 0. The summed E-state index contributed by atoms with van der Waals surface area (Å²) >= 11 is 1.93. The zero-order valence-corrected chi connectivity index (χ0v) is 38.2. The first-order chi connectivity index (χ1) is 29.7. The molecule has 0 bridgehead atoms. The minimum Gasteiger partial charge on any atom is -0.376 e. The number of rotatable bonds is 3. The zero-order chi connectivity index (χ0) is 42.9. The van der Waals surface area contributed by atoms with Crippen molar-refractivity contribution < 1.29 is 0 Å². The maximum atomic E-state index is 2.69. The van der Waals surface area contributed by atoms with Gasteiger partial charge in [-0.05, 0) is 108 Å². The first-order valence-corrected chi connectivity index (χ1v) is 23.0. The van der Waals surface area contributed by atoms with Gasteiger partial charge in [-0.25, -0.2) is 0 Å². The maximum absolute atomic E-state index is 2.69. The molecule has 2 aliphatic heterocycles. The van der Waals surface area contributed by atoms with E-state index in [1.165, 1.54) is 109 Å². The molecule has 0 unspecified atom stereocenters. The Labute approximate surface area is 371 Å². The van der Waals surface area contributed by atoms with Gasteiger partial charge in [-0.1, -0.05) is 178 Å². The van der Waals surface area contributed by atoms with Gasteiger partial charge in [-0.3, -0.25) is 0 Å². The molecular formula is C58H53BN2S. The average molecular weight is 821 g/mol. The molecule has 2 nitrogen and oxygen atoms in total. The molecule has 11 rings (SSSR count). The van der Waals surface area contributed by atoms with E-state index in [2.05, 4.69) is 230 Å². The van der Waals surface area contributed by atoms with Crippen molar-refractivity contribution in [2.75, 3.05) is 9.71 Å². The van der Waals surface area contributed by atoms with Gasteiger partial charge < -0.3 is 9.71 Å². The second kappa shape index (κ2) is 13.7. The molecule has 3 heterocycles. The fourth-order valence-corrected chi connectivity index (χ4v) is 11.4. The summed E-state index contributed by atoms with van der Waals surface area (Å²) in [6.07, 6.45) is 0. The number of nitrogens with zero attached hydrogens (tertiary/aromatic N) is 2. The van der Waals surface area contributed by atoms with Gasteiger partial charge in [0.15, 0.2) is 0 Å². The maximum Gasteiger partial charge on any atom is 0.333 e. The van der Waals surface area contributed by atoms with Gasteiger partial charge in [0.1, 0.15) is 0 Å². The predicted octanol–water partition coefficient (Wildman–Crippen LogP) is 15.5. The van der Waals surface area contributed by atoms with Gasteiger partial charge in [0.25, 0.3) is 0 Å². The van der Waals surface area contributed by atoms with Gasteiger partial charge in [-0.15, -0.1) is 11.3 Å². The van der Waals surface area contributed by atoms with E-state index in [9.17, 15) is 0 Å². The van der Waals surface area contributed by atoms with Gasteiger partial charge in [0, 0.05) is 43.7 Å². The second-order valence-electron chi connectivity index (χ2n) is 20.6. The van der Waals surface area contributed by atoms with Crippen molar-refractivity contribution in [3.63, 3.8) is 0 Å². The Morgan fingerprint density at radius 1 is 0.468 bits per heavy atom. The Morgan fingerprint density at radius 3 is 1.82 bits per heavy atom. The highest BCUT2D eigenvalue weighted by Gasteiger charge is 2.47. The van der Waals surface area contributed by atoms with Crippen molar-refractivity contribution in [3.8, 4) is 22.3 Å². The molecular weight excluding hydrogens is 768 g/mol. The van der Waals surface area contributed by atoms with E-state index in [0.717, 1.165) is 0 Å². The molecule has 0 N–H and O–H groups in total. The first kappa shape index (κ1) is 38.8. The number of benzene rings is 8. The number of fused-ring (bicyclic) bond motifs is 10. The predicted molar refractivity (Wildman–Crippen MR) is 272 cm³/mol. The number of anilines is 5. The molecule has 0 atom stereocenters. The van der Waals surface area contributed by atoms with E-state index < -0.39 is 0 Å². The third kappa shape index (κ3) is 5.98. The van der Waals surface area contributed by atoms with Crippen LogP contribution in [0.15, 0.2) is 158 Å². The third-order valence-electron chi connectivity index (χ3n) is 13.5. The molecule has 0 aliphatic carbocycles. The van der Waals surface area contributed by atoms with Crippen LogP contribution in [0.3, 0.4) is 0 Å². The molecule has 0 radical (unpaired) electrons. The average Bonchev–Trinajstić information content (AvgIpc) is 3.64. The van der Waals surface area contributed by atoms with E-state index in [1.54, 1.807) is 0 Å². The van der Waals surface area contributed by atoms with Crippen LogP contribution < -0.4 is 20.6 Å². The normalized spacial score (nSPS) is 13.8. The van der Waals surface area contributed by atoms with Crippen LogP contribution in [0, 0.1) is 0 Å². The van der Waals surface area contributed by atoms with E-state index in [4.69, 9.17) is 0 Å². The Morgan fingerprint density at radius 2 is 1.10 bits per heavy atom. The SMILES string of the molecule is CC(C)(C)c1ccc(N2B3c4ccc5c(sc6ccccc65)c4N(c4ccc(C(C)(C)C)cc4-c4ccccc4)c4cc5ccccc5c(c43)-c3ccc(C(C)(C)C)cc32)cc1. The summed E-state index contributed by atoms with van der Waals surface area (Å²) in [6.45, 7) is 20.8. The Hall–Kier alpha value is -6.10. The van der Waals surface area contributed by atoms with Crippen molar-refractivity contribution in [2.45, 2.75) is 78.6 Å². The molecule has 0 saturated carbocycles. The summed E-state index contributed by atoms with van der Waals surface area (Å²) in [5, 5.41) is 5.16. The van der Waals surface area contributed by atoms with Crippen molar-refractivity contribution in [2.24, 2.45) is 0 Å². The van der Waals surface area contributed by atoms with Gasteiger partial charge >= 0.3 is 6.85 Å². The highest BCUT2D eigenvalue weighted by atomic mass is 32.1. The van der Waals surface area contributed by atoms with E-state index in [1.807, 2.05) is 11.3 Å². The summed E-state index contributed by atoms with van der Waals surface area (Å²) < 4.78 is 2.63. The van der Waals surface area contributed by atoms with Gasteiger partial charge in [0.05, 0.1) is 16.1 Å². The largest absolute Gasteiger partial charge is 0.376 e. The minimum atomic E-state index is -0.0947. The van der Waals surface area contributed by atoms with E-state index in [-0.39, 0.29) is 23.1 Å². The van der Waals surface area contributed by atoms with Crippen LogP contribution in [0.5, 0.6) is 0 Å². The first-order valence-electron chi connectivity index (χ1n) is 22.2. The lowest BCUT2D eigenvalue weighted by atomic mass is 9.43. The third-order valence-corrected chi connectivity index (χ3v) is 14.7. The second-order valence-corrected chi connectivity index (χ2v) is 21.7. The molecule has 0 spiro atoms. The lowest BCUT2D eigenvalue weighted by Gasteiger charge is -2.47. The van der Waals surface area contributed by atoms with Crippen molar-refractivity contribution in [3.05, 3.63) is 174 Å². The standard InChI is InChI=1S/C58H53BN2S/c1-56(2,3)38-23-27-41(28-24-38)61-49-35-40(58(7,8)9)25-29-45(49)52-42-20-14-13-19-37(42)33-50-53(52)59(61)47-31-30-44-43-21-15-16-22-51(43)62-55(44)54(47)60(50)48-32-26-39(57(4,5)6)34-46(48)36-17-11-10-12-18-36/h10-35H,1-9H3. The van der Waals surface area contributed by atoms with Crippen LogP contribution in [0.2, 0.25) is 0 Å². The fraction of sp³-hybridized carbons (Fsp3) is 0.207. The lowest BCUT2D eigenvalue weighted by Crippen LogP contribution is -2.61. The van der Waals surface area contributed by atoms with Crippen LogP contribution in [-0.2, 0) is 16.2 Å². The number of thiophene rings is 1. The van der Waals surface area contributed by atoms with Crippen LogP contribution >= 0.6 is 11.3 Å². The molecule has 8 aromatic carbocycles. The molecule has 9 aromatic rings.